The quantitative estimate of drug-likeness (QED) is 0.509. The number of aliphatic hydroxyl groups is 1. The number of hydrogen-bond acceptors (Lipinski definition) is 5. The van der Waals surface area contributed by atoms with Crippen molar-refractivity contribution in [3.8, 4) is 11.5 Å². The van der Waals surface area contributed by atoms with E-state index < -0.39 is 12.1 Å². The smallest absolute Gasteiger partial charge is 0.319 e. The first-order valence-corrected chi connectivity index (χ1v) is 9.97. The summed E-state index contributed by atoms with van der Waals surface area (Å²) >= 11 is 0. The van der Waals surface area contributed by atoms with Gasteiger partial charge in [0.25, 0.3) is 0 Å². The van der Waals surface area contributed by atoms with E-state index in [1.54, 1.807) is 6.07 Å². The van der Waals surface area contributed by atoms with Crippen molar-refractivity contribution in [2.24, 2.45) is 0 Å². The van der Waals surface area contributed by atoms with Crippen molar-refractivity contribution in [3.05, 3.63) is 54.6 Å². The van der Waals surface area contributed by atoms with Gasteiger partial charge in [0.05, 0.1) is 5.69 Å². The Hall–Kier alpha value is -2.77. The van der Waals surface area contributed by atoms with E-state index in [-0.39, 0.29) is 13.2 Å². The predicted molar refractivity (Wildman–Crippen MR) is 115 cm³/mol. The Bertz CT molecular complexity index is 723. The first-order chi connectivity index (χ1) is 14.1. The van der Waals surface area contributed by atoms with Crippen LogP contribution in [0.15, 0.2) is 54.6 Å². The van der Waals surface area contributed by atoms with Crippen molar-refractivity contribution in [2.75, 3.05) is 44.7 Å². The number of benzene rings is 2. The van der Waals surface area contributed by atoms with Gasteiger partial charge in [-0.25, -0.2) is 4.79 Å². The monoisotopic (exact) mass is 401 g/mol. The number of likely N-dealkylation sites (N-methyl/N-ethyl adjacent to an activating group) is 1. The number of anilines is 1. The molecule has 0 radical (unpaired) electrons. The van der Waals surface area contributed by atoms with Gasteiger partial charge in [-0.1, -0.05) is 44.2 Å². The standard InChI is InChI=1S/C22H31N3O4/c1-3-25(4-2)14-15-28-21-13-9-8-12-20(21)24-22(27)23-16-18(26)17-29-19-10-6-5-7-11-19/h5-13,18,26H,3-4,14-17H2,1-2H3,(H2,23,24,27). The second-order valence-corrected chi connectivity index (χ2v) is 6.48. The maximum atomic E-state index is 12.2. The van der Waals surface area contributed by atoms with Crippen LogP contribution in [0.25, 0.3) is 0 Å². The predicted octanol–water partition coefficient (Wildman–Crippen LogP) is 2.97. The van der Waals surface area contributed by atoms with Gasteiger partial charge in [-0.3, -0.25) is 0 Å². The van der Waals surface area contributed by atoms with E-state index in [4.69, 9.17) is 9.47 Å². The van der Waals surface area contributed by atoms with Gasteiger partial charge in [-0.2, -0.15) is 0 Å². The highest BCUT2D eigenvalue weighted by atomic mass is 16.5. The second-order valence-electron chi connectivity index (χ2n) is 6.48. The summed E-state index contributed by atoms with van der Waals surface area (Å²) in [5, 5.41) is 15.4. The Morgan fingerprint density at radius 1 is 1.03 bits per heavy atom. The highest BCUT2D eigenvalue weighted by molar-refractivity contribution is 5.90. The van der Waals surface area contributed by atoms with Gasteiger partial charge >= 0.3 is 6.03 Å². The van der Waals surface area contributed by atoms with E-state index in [9.17, 15) is 9.90 Å². The third-order valence-electron chi connectivity index (χ3n) is 4.38. The van der Waals surface area contributed by atoms with Crippen molar-refractivity contribution >= 4 is 11.7 Å². The SMILES string of the molecule is CCN(CC)CCOc1ccccc1NC(=O)NCC(O)COc1ccccc1. The number of carbonyl (C=O) groups excluding carboxylic acids is 1. The Balaban J connectivity index is 1.75. The number of nitrogens with zero attached hydrogens (tertiary/aromatic N) is 1. The zero-order valence-electron chi connectivity index (χ0n) is 17.1. The van der Waals surface area contributed by atoms with Crippen LogP contribution in [0.2, 0.25) is 0 Å². The Labute approximate surface area is 172 Å². The molecule has 3 N–H and O–H groups in total. The molecule has 0 spiro atoms. The Morgan fingerprint density at radius 3 is 2.45 bits per heavy atom. The summed E-state index contributed by atoms with van der Waals surface area (Å²) in [6, 6.07) is 16.1. The lowest BCUT2D eigenvalue weighted by molar-refractivity contribution is 0.108. The minimum atomic E-state index is -0.818. The number of carbonyl (C=O) groups is 1. The highest BCUT2D eigenvalue weighted by Crippen LogP contribution is 2.23. The number of para-hydroxylation sites is 3. The fraction of sp³-hybridized carbons (Fsp3) is 0.409. The van der Waals surface area contributed by atoms with Crippen LogP contribution in [-0.4, -0.2) is 61.5 Å². The molecule has 7 heteroatoms. The number of hydrogen-bond donors (Lipinski definition) is 3. The molecule has 1 atom stereocenters. The number of amides is 2. The van der Waals surface area contributed by atoms with Crippen molar-refractivity contribution in [1.82, 2.24) is 10.2 Å². The topological polar surface area (TPSA) is 83.1 Å². The second kappa shape index (κ2) is 12.6. The number of rotatable bonds is 12. The average Bonchev–Trinajstić information content (AvgIpc) is 2.75. The molecule has 0 aliphatic heterocycles. The van der Waals surface area contributed by atoms with Crippen molar-refractivity contribution < 1.29 is 19.4 Å². The molecule has 2 aromatic rings. The molecule has 0 saturated carbocycles. The van der Waals surface area contributed by atoms with E-state index in [0.29, 0.717) is 23.8 Å². The van der Waals surface area contributed by atoms with Crippen LogP contribution in [0.4, 0.5) is 10.5 Å². The summed E-state index contributed by atoms with van der Waals surface area (Å²) in [4.78, 5) is 14.4. The lowest BCUT2D eigenvalue weighted by Crippen LogP contribution is -2.37. The number of nitrogens with one attached hydrogen (secondary N) is 2. The van der Waals surface area contributed by atoms with Gasteiger partial charge in [-0.15, -0.1) is 0 Å². The molecule has 2 amide bonds. The molecule has 0 aliphatic rings. The van der Waals surface area contributed by atoms with Crippen molar-refractivity contribution in [1.29, 1.82) is 0 Å². The van der Waals surface area contributed by atoms with Crippen LogP contribution in [-0.2, 0) is 0 Å². The first-order valence-electron chi connectivity index (χ1n) is 9.97. The van der Waals surface area contributed by atoms with E-state index in [2.05, 4.69) is 29.4 Å². The zero-order chi connectivity index (χ0) is 20.9. The number of urea groups is 1. The molecule has 158 valence electrons. The molecule has 0 fully saturated rings. The van der Waals surface area contributed by atoms with Crippen LogP contribution in [0.5, 0.6) is 11.5 Å². The summed E-state index contributed by atoms with van der Waals surface area (Å²) in [7, 11) is 0. The van der Waals surface area contributed by atoms with E-state index in [0.717, 1.165) is 19.6 Å². The lowest BCUT2D eigenvalue weighted by atomic mass is 10.3. The summed E-state index contributed by atoms with van der Waals surface area (Å²) in [6.07, 6.45) is -0.818. The molecule has 0 saturated heterocycles. The van der Waals surface area contributed by atoms with E-state index in [1.807, 2.05) is 48.5 Å². The molecule has 0 aliphatic carbocycles. The van der Waals surface area contributed by atoms with Gasteiger partial charge < -0.3 is 30.1 Å². The fourth-order valence-electron chi connectivity index (χ4n) is 2.67. The maximum Gasteiger partial charge on any atom is 0.319 e. The molecule has 7 nitrogen and oxygen atoms in total. The molecule has 2 rings (SSSR count). The first kappa shape index (κ1) is 22.5. The maximum absolute atomic E-state index is 12.2. The van der Waals surface area contributed by atoms with Crippen LogP contribution in [0, 0.1) is 0 Å². The minimum Gasteiger partial charge on any atom is -0.491 e. The normalized spacial score (nSPS) is 11.7. The Kier molecular flexibility index (Phi) is 9.82. The highest BCUT2D eigenvalue weighted by Gasteiger charge is 2.11. The zero-order valence-corrected chi connectivity index (χ0v) is 17.1. The third-order valence-corrected chi connectivity index (χ3v) is 4.38. The molecule has 29 heavy (non-hydrogen) atoms. The van der Waals surface area contributed by atoms with Gasteiger partial charge in [0.15, 0.2) is 0 Å². The van der Waals surface area contributed by atoms with Crippen LogP contribution >= 0.6 is 0 Å². The van der Waals surface area contributed by atoms with E-state index in [1.165, 1.54) is 0 Å². The molecule has 1 unspecified atom stereocenters. The summed E-state index contributed by atoms with van der Waals surface area (Å²) in [6.45, 7) is 7.69. The lowest BCUT2D eigenvalue weighted by Gasteiger charge is -2.19. The fourth-order valence-corrected chi connectivity index (χ4v) is 2.67. The van der Waals surface area contributed by atoms with Gasteiger partial charge in [0, 0.05) is 13.1 Å². The number of ether oxygens (including phenoxy) is 2. The Morgan fingerprint density at radius 2 is 1.72 bits per heavy atom. The van der Waals surface area contributed by atoms with Gasteiger partial charge in [0.1, 0.15) is 30.8 Å². The molecular weight excluding hydrogens is 370 g/mol. The minimum absolute atomic E-state index is 0.0731. The van der Waals surface area contributed by atoms with Gasteiger partial charge in [-0.05, 0) is 37.4 Å². The van der Waals surface area contributed by atoms with Crippen LogP contribution in [0.1, 0.15) is 13.8 Å². The average molecular weight is 402 g/mol. The summed E-state index contributed by atoms with van der Waals surface area (Å²) < 4.78 is 11.3. The van der Waals surface area contributed by atoms with E-state index >= 15 is 0 Å². The molecule has 0 bridgehead atoms. The van der Waals surface area contributed by atoms with Crippen LogP contribution < -0.4 is 20.1 Å². The summed E-state index contributed by atoms with van der Waals surface area (Å²) in [5.74, 6) is 1.29. The van der Waals surface area contributed by atoms with Crippen molar-refractivity contribution in [2.45, 2.75) is 20.0 Å². The van der Waals surface area contributed by atoms with Crippen molar-refractivity contribution in [3.63, 3.8) is 0 Å². The molecule has 0 heterocycles. The molecule has 0 aromatic heterocycles. The van der Waals surface area contributed by atoms with Crippen LogP contribution in [0.3, 0.4) is 0 Å². The largest absolute Gasteiger partial charge is 0.491 e. The molecule has 2 aromatic carbocycles. The third kappa shape index (κ3) is 8.41. The molecular formula is C22H31N3O4. The summed E-state index contributed by atoms with van der Waals surface area (Å²) in [5.41, 5.74) is 0.583. The number of aliphatic hydroxyl groups excluding tert-OH is 1. The van der Waals surface area contributed by atoms with Gasteiger partial charge in [0.2, 0.25) is 0 Å².